The minimum Gasteiger partial charge on any atom is -0.288 e. The number of benzene rings is 1. The van der Waals surface area contributed by atoms with Gasteiger partial charge in [0.25, 0.3) is 22.2 Å². The third-order valence-electron chi connectivity index (χ3n) is 4.56. The van der Waals surface area contributed by atoms with Gasteiger partial charge in [0, 0.05) is 6.54 Å². The van der Waals surface area contributed by atoms with Crippen molar-refractivity contribution in [2.45, 2.75) is 40.2 Å². The highest BCUT2D eigenvalue weighted by Crippen LogP contribution is 2.16. The van der Waals surface area contributed by atoms with Gasteiger partial charge in [-0.1, -0.05) is 27.2 Å². The molecule has 0 saturated heterocycles. The van der Waals surface area contributed by atoms with Crippen molar-refractivity contribution in [1.29, 1.82) is 0 Å². The molecule has 3 rings (SSSR count). The Bertz CT molecular complexity index is 1030. The molecule has 0 fully saturated rings. The summed E-state index contributed by atoms with van der Waals surface area (Å²) in [5.41, 5.74) is -1.83. The first kappa shape index (κ1) is 16.4. The Morgan fingerprint density at radius 1 is 0.833 bits per heavy atom. The van der Waals surface area contributed by atoms with Crippen molar-refractivity contribution >= 4 is 21.5 Å². The minimum atomic E-state index is -0.526. The molecule has 1 atom stereocenters. The predicted molar refractivity (Wildman–Crippen MR) is 94.5 cm³/mol. The van der Waals surface area contributed by atoms with E-state index in [0.717, 1.165) is 12.8 Å². The number of aromatic amines is 1. The molecule has 3 aromatic rings. The molecule has 1 unspecified atom stereocenters. The van der Waals surface area contributed by atoms with Crippen LogP contribution in [0.3, 0.4) is 0 Å². The maximum Gasteiger partial charge on any atom is 0.261 e. The fourth-order valence-electron chi connectivity index (χ4n) is 3.14. The fourth-order valence-corrected chi connectivity index (χ4v) is 3.14. The van der Waals surface area contributed by atoms with Crippen molar-refractivity contribution in [2.75, 3.05) is 0 Å². The Balaban J connectivity index is 2.10. The highest BCUT2D eigenvalue weighted by molar-refractivity contribution is 5.97. The van der Waals surface area contributed by atoms with Crippen LogP contribution in [0.4, 0.5) is 0 Å². The molecule has 0 aliphatic carbocycles. The number of rotatable bonds is 5. The van der Waals surface area contributed by atoms with E-state index >= 15 is 0 Å². The number of hydrogen-bond acceptors (Lipinski definition) is 4. The zero-order chi connectivity index (χ0) is 17.6. The van der Waals surface area contributed by atoms with E-state index in [4.69, 9.17) is 0 Å². The number of fused-ring (bicyclic) bond motifs is 2. The molecule has 2 aromatic heterocycles. The summed E-state index contributed by atoms with van der Waals surface area (Å²) in [7, 11) is 0. The lowest BCUT2D eigenvalue weighted by molar-refractivity contribution is 0.397. The summed E-state index contributed by atoms with van der Waals surface area (Å²) < 4.78 is 1.23. The standard InChI is InChI=1S/C18H20N2O4/c1-9(2)4-5-10(3)8-20-17(23)13-6-11-12(7-14(13)18(20)24)16(22)19-15(11)21/h6-7,9-10H,4-5,8H2,1-3H3,(H,19,21,22). The van der Waals surface area contributed by atoms with Gasteiger partial charge in [-0.3, -0.25) is 28.7 Å². The van der Waals surface area contributed by atoms with Crippen LogP contribution in [0.2, 0.25) is 0 Å². The molecule has 0 amide bonds. The summed E-state index contributed by atoms with van der Waals surface area (Å²) in [6.07, 6.45) is 1.97. The number of hydrogen-bond donors (Lipinski definition) is 1. The van der Waals surface area contributed by atoms with Gasteiger partial charge >= 0.3 is 0 Å². The summed E-state index contributed by atoms with van der Waals surface area (Å²) in [4.78, 5) is 50.7. The number of nitrogens with zero attached hydrogens (tertiary/aromatic N) is 1. The summed E-state index contributed by atoms with van der Waals surface area (Å²) in [5.74, 6) is 0.772. The largest absolute Gasteiger partial charge is 0.288 e. The number of aromatic nitrogens is 2. The smallest absolute Gasteiger partial charge is 0.261 e. The molecule has 2 heterocycles. The van der Waals surface area contributed by atoms with Crippen LogP contribution in [0.25, 0.3) is 21.5 Å². The third kappa shape index (κ3) is 2.62. The van der Waals surface area contributed by atoms with Gasteiger partial charge in [-0.2, -0.15) is 0 Å². The first-order chi connectivity index (χ1) is 11.3. The van der Waals surface area contributed by atoms with Gasteiger partial charge < -0.3 is 0 Å². The minimum absolute atomic E-state index is 0.162. The lowest BCUT2D eigenvalue weighted by Gasteiger charge is -2.12. The van der Waals surface area contributed by atoms with Crippen LogP contribution < -0.4 is 22.2 Å². The Kier molecular flexibility index (Phi) is 3.99. The van der Waals surface area contributed by atoms with E-state index in [-0.39, 0.29) is 38.6 Å². The van der Waals surface area contributed by atoms with Crippen LogP contribution in [-0.2, 0) is 6.54 Å². The van der Waals surface area contributed by atoms with Crippen molar-refractivity contribution in [2.24, 2.45) is 11.8 Å². The van der Waals surface area contributed by atoms with Crippen LogP contribution in [0.15, 0.2) is 31.3 Å². The predicted octanol–water partition coefficient (Wildman–Crippen LogP) is 1.51. The monoisotopic (exact) mass is 328 g/mol. The van der Waals surface area contributed by atoms with E-state index in [1.807, 2.05) is 6.92 Å². The molecular formula is C18H20N2O4. The fraction of sp³-hybridized carbons (Fsp3) is 0.444. The zero-order valence-corrected chi connectivity index (χ0v) is 14.0. The van der Waals surface area contributed by atoms with Crippen molar-refractivity contribution in [3.8, 4) is 0 Å². The van der Waals surface area contributed by atoms with Crippen molar-refractivity contribution in [3.63, 3.8) is 0 Å². The van der Waals surface area contributed by atoms with Gasteiger partial charge in [0.2, 0.25) is 0 Å². The molecule has 0 aliphatic heterocycles. The first-order valence-corrected chi connectivity index (χ1v) is 8.19. The molecule has 1 aromatic carbocycles. The number of H-pyrrole nitrogens is 1. The molecule has 0 spiro atoms. The van der Waals surface area contributed by atoms with Crippen LogP contribution in [0.5, 0.6) is 0 Å². The Labute approximate surface area is 137 Å². The Morgan fingerprint density at radius 3 is 1.79 bits per heavy atom. The van der Waals surface area contributed by atoms with Gasteiger partial charge in [-0.25, -0.2) is 0 Å². The van der Waals surface area contributed by atoms with E-state index in [2.05, 4.69) is 18.8 Å². The van der Waals surface area contributed by atoms with E-state index in [0.29, 0.717) is 12.5 Å². The van der Waals surface area contributed by atoms with Gasteiger partial charge in [0.1, 0.15) is 0 Å². The van der Waals surface area contributed by atoms with Crippen LogP contribution in [0, 0.1) is 11.8 Å². The van der Waals surface area contributed by atoms with E-state index in [1.54, 1.807) is 0 Å². The van der Waals surface area contributed by atoms with Gasteiger partial charge in [-0.15, -0.1) is 0 Å². The van der Waals surface area contributed by atoms with E-state index in [9.17, 15) is 19.2 Å². The maximum atomic E-state index is 12.6. The maximum absolute atomic E-state index is 12.6. The second kappa shape index (κ2) is 5.85. The number of nitrogens with one attached hydrogen (secondary N) is 1. The molecule has 0 radical (unpaired) electrons. The molecule has 6 heteroatoms. The van der Waals surface area contributed by atoms with Crippen molar-refractivity contribution < 1.29 is 0 Å². The molecular weight excluding hydrogens is 308 g/mol. The normalized spacial score (nSPS) is 13.3. The molecule has 0 bridgehead atoms. The van der Waals surface area contributed by atoms with Crippen molar-refractivity contribution in [1.82, 2.24) is 9.55 Å². The summed E-state index contributed by atoms with van der Waals surface area (Å²) >= 11 is 0. The molecule has 1 N–H and O–H groups in total. The van der Waals surface area contributed by atoms with Gasteiger partial charge in [-0.05, 0) is 30.4 Å². The quantitative estimate of drug-likeness (QED) is 0.769. The highest BCUT2D eigenvalue weighted by Gasteiger charge is 2.18. The SMILES string of the molecule is CC(C)CCC(C)Cn1c(=O)c2cc3c(=O)[nH]c(=O)c3cc2c1=O. The highest BCUT2D eigenvalue weighted by atomic mass is 16.2. The lowest BCUT2D eigenvalue weighted by atomic mass is 9.99. The summed E-state index contributed by atoms with van der Waals surface area (Å²) in [5, 5.41) is 0.739. The third-order valence-corrected chi connectivity index (χ3v) is 4.56. The molecule has 24 heavy (non-hydrogen) atoms. The topological polar surface area (TPSA) is 89.0 Å². The average molecular weight is 328 g/mol. The Morgan fingerprint density at radius 2 is 1.33 bits per heavy atom. The first-order valence-electron chi connectivity index (χ1n) is 8.19. The molecule has 0 aliphatic rings. The lowest BCUT2D eigenvalue weighted by Crippen LogP contribution is -2.28. The molecule has 6 nitrogen and oxygen atoms in total. The van der Waals surface area contributed by atoms with Gasteiger partial charge in [0.05, 0.1) is 21.5 Å². The van der Waals surface area contributed by atoms with E-state index in [1.165, 1.54) is 16.7 Å². The van der Waals surface area contributed by atoms with Crippen LogP contribution in [0.1, 0.15) is 33.6 Å². The zero-order valence-electron chi connectivity index (χ0n) is 14.0. The van der Waals surface area contributed by atoms with Crippen LogP contribution >= 0.6 is 0 Å². The second-order valence-corrected chi connectivity index (χ2v) is 7.02. The Hall–Kier alpha value is -2.50. The summed E-state index contributed by atoms with van der Waals surface area (Å²) in [6.45, 7) is 6.64. The average Bonchev–Trinajstić information content (AvgIpc) is 2.93. The molecule has 126 valence electrons. The van der Waals surface area contributed by atoms with E-state index < -0.39 is 11.1 Å². The molecule has 0 saturated carbocycles. The summed E-state index contributed by atoms with van der Waals surface area (Å²) in [6, 6.07) is 2.73. The van der Waals surface area contributed by atoms with Crippen LogP contribution in [-0.4, -0.2) is 9.55 Å². The second-order valence-electron chi connectivity index (χ2n) is 7.02. The van der Waals surface area contributed by atoms with Crippen molar-refractivity contribution in [3.05, 3.63) is 53.5 Å². The van der Waals surface area contributed by atoms with Gasteiger partial charge in [0.15, 0.2) is 0 Å².